The van der Waals surface area contributed by atoms with Crippen molar-refractivity contribution in [3.8, 4) is 28.3 Å². The molecule has 0 aliphatic carbocycles. The minimum absolute atomic E-state index is 0.384. The van der Waals surface area contributed by atoms with Gasteiger partial charge in [-0.1, -0.05) is 0 Å². The third kappa shape index (κ3) is 3.43. The molecule has 4 aromatic rings. The van der Waals surface area contributed by atoms with E-state index in [4.69, 9.17) is 0 Å². The zero-order valence-electron chi connectivity index (χ0n) is 17.0. The van der Waals surface area contributed by atoms with Crippen molar-refractivity contribution < 1.29 is 0 Å². The lowest BCUT2D eigenvalue weighted by Crippen LogP contribution is -2.34. The molecule has 30 heavy (non-hydrogen) atoms. The number of aromatic nitrogens is 2. The van der Waals surface area contributed by atoms with Gasteiger partial charge in [0.2, 0.25) is 0 Å². The summed E-state index contributed by atoms with van der Waals surface area (Å²) < 4.78 is 2.40. The van der Waals surface area contributed by atoms with E-state index in [1.165, 1.54) is 23.9 Å². The van der Waals surface area contributed by atoms with Crippen LogP contribution in [0.5, 0.6) is 0 Å². The number of nitrogens with zero attached hydrogens (tertiary/aromatic N) is 3. The van der Waals surface area contributed by atoms with Gasteiger partial charge in [0.15, 0.2) is 0 Å². The molecule has 0 radical (unpaired) electrons. The fraction of sp³-hybridized carbons (Fsp3) is 0.280. The van der Waals surface area contributed by atoms with Gasteiger partial charge >= 0.3 is 0 Å². The van der Waals surface area contributed by atoms with Crippen LogP contribution in [0.3, 0.4) is 0 Å². The Labute approximate surface area is 180 Å². The van der Waals surface area contributed by atoms with Crippen molar-refractivity contribution in [1.82, 2.24) is 14.9 Å². The van der Waals surface area contributed by atoms with Gasteiger partial charge in [-0.05, 0) is 85.4 Å². The molecule has 4 heterocycles. The van der Waals surface area contributed by atoms with E-state index in [1.807, 2.05) is 24.5 Å². The molecule has 2 unspecified atom stereocenters. The average Bonchev–Trinajstić information content (AvgIpc) is 3.47. The smallest absolute Gasteiger partial charge is 0.0991 e. The predicted octanol–water partition coefficient (Wildman–Crippen LogP) is 5.86. The van der Waals surface area contributed by atoms with Crippen LogP contribution in [0, 0.1) is 17.2 Å². The zero-order valence-corrected chi connectivity index (χ0v) is 17.8. The summed E-state index contributed by atoms with van der Waals surface area (Å²) >= 11 is 1.69. The number of pyridine rings is 1. The number of hydrogen-bond donors (Lipinski definition) is 1. The van der Waals surface area contributed by atoms with Crippen LogP contribution in [0.25, 0.3) is 33.2 Å². The van der Waals surface area contributed by atoms with Crippen LogP contribution in [0.4, 0.5) is 0 Å². The highest BCUT2D eigenvalue weighted by Gasteiger charge is 2.24. The zero-order chi connectivity index (χ0) is 20.5. The fourth-order valence-corrected chi connectivity index (χ4v) is 5.25. The van der Waals surface area contributed by atoms with Crippen LogP contribution >= 0.6 is 11.3 Å². The van der Waals surface area contributed by atoms with Gasteiger partial charge in [-0.2, -0.15) is 16.6 Å². The highest BCUT2D eigenvalue weighted by molar-refractivity contribution is 7.08. The van der Waals surface area contributed by atoms with Crippen molar-refractivity contribution in [2.75, 3.05) is 13.1 Å². The van der Waals surface area contributed by atoms with E-state index in [0.717, 1.165) is 35.2 Å². The Hall–Kier alpha value is -2.94. The molecule has 1 N–H and O–H groups in total. The summed E-state index contributed by atoms with van der Waals surface area (Å²) in [5.41, 5.74) is 6.42. The van der Waals surface area contributed by atoms with Gasteiger partial charge in [0.25, 0.3) is 0 Å². The van der Waals surface area contributed by atoms with Crippen LogP contribution in [0.2, 0.25) is 0 Å². The number of rotatable bonds is 4. The number of piperidine rings is 1. The normalized spacial score (nSPS) is 17.7. The maximum atomic E-state index is 9.47. The molecule has 1 fully saturated rings. The molecule has 4 nitrogen and oxygen atoms in total. The Bertz CT molecular complexity index is 1210. The number of benzene rings is 1. The van der Waals surface area contributed by atoms with Crippen molar-refractivity contribution in [1.29, 1.82) is 5.26 Å². The Balaban J connectivity index is 1.65. The number of thiophene rings is 1. The van der Waals surface area contributed by atoms with Gasteiger partial charge in [-0.3, -0.25) is 4.98 Å². The molecule has 2 atom stereocenters. The quantitative estimate of drug-likeness (QED) is 0.456. The Morgan fingerprint density at radius 2 is 2.10 bits per heavy atom. The van der Waals surface area contributed by atoms with E-state index < -0.39 is 0 Å². The second-order valence-electron chi connectivity index (χ2n) is 8.12. The SMILES string of the molecule is CC(C1CCCNC1)n1cc(-c2cncc(-c3ccsc3)c2)c2cc(C#N)ccc21. The summed E-state index contributed by atoms with van der Waals surface area (Å²) in [7, 11) is 0. The van der Waals surface area contributed by atoms with Gasteiger partial charge in [-0.25, -0.2) is 0 Å². The average molecular weight is 413 g/mol. The second kappa shape index (κ2) is 8.06. The van der Waals surface area contributed by atoms with Crippen LogP contribution in [0.1, 0.15) is 31.4 Å². The van der Waals surface area contributed by atoms with Gasteiger partial charge in [0.05, 0.1) is 11.6 Å². The predicted molar refractivity (Wildman–Crippen MR) is 124 cm³/mol. The van der Waals surface area contributed by atoms with E-state index >= 15 is 0 Å². The molecule has 0 saturated carbocycles. The molecule has 0 spiro atoms. The van der Waals surface area contributed by atoms with Crippen LogP contribution < -0.4 is 5.32 Å². The van der Waals surface area contributed by atoms with Gasteiger partial charge in [0.1, 0.15) is 0 Å². The first-order valence-electron chi connectivity index (χ1n) is 10.5. The first kappa shape index (κ1) is 19.0. The maximum Gasteiger partial charge on any atom is 0.0991 e. The molecule has 0 bridgehead atoms. The topological polar surface area (TPSA) is 53.6 Å². The minimum atomic E-state index is 0.384. The highest BCUT2D eigenvalue weighted by Crippen LogP contribution is 2.37. The Kier molecular flexibility index (Phi) is 5.12. The largest absolute Gasteiger partial charge is 0.344 e. The van der Waals surface area contributed by atoms with Crippen LogP contribution in [-0.4, -0.2) is 22.6 Å². The second-order valence-corrected chi connectivity index (χ2v) is 8.90. The molecule has 5 heteroatoms. The minimum Gasteiger partial charge on any atom is -0.344 e. The highest BCUT2D eigenvalue weighted by atomic mass is 32.1. The van der Waals surface area contributed by atoms with E-state index in [0.29, 0.717) is 17.5 Å². The van der Waals surface area contributed by atoms with Gasteiger partial charge in [-0.15, -0.1) is 0 Å². The molecular weight excluding hydrogens is 388 g/mol. The standard InChI is InChI=1S/C25H24N4S/c1-17(19-3-2-7-27-12-19)29-15-24(23-9-18(11-26)4-5-25(23)29)22-10-21(13-28-14-22)20-6-8-30-16-20/h4-6,8-10,13-17,19,27H,2-3,7,12H2,1H3. The molecular formula is C25H24N4S. The Morgan fingerprint density at radius 1 is 1.20 bits per heavy atom. The number of fused-ring (bicyclic) bond motifs is 1. The summed E-state index contributed by atoms with van der Waals surface area (Å²) in [6, 6.07) is 13.1. The number of nitrogens with one attached hydrogen (secondary N) is 1. The number of hydrogen-bond acceptors (Lipinski definition) is 4. The van der Waals surface area contributed by atoms with E-state index in [2.05, 4.69) is 63.0 Å². The first-order chi connectivity index (χ1) is 14.7. The lowest BCUT2D eigenvalue weighted by Gasteiger charge is -2.30. The summed E-state index contributed by atoms with van der Waals surface area (Å²) in [5, 5.41) is 18.4. The first-order valence-corrected chi connectivity index (χ1v) is 11.4. The molecule has 0 amide bonds. The van der Waals surface area contributed by atoms with Gasteiger partial charge in [0, 0.05) is 52.2 Å². The molecule has 1 aliphatic rings. The van der Waals surface area contributed by atoms with Crippen molar-refractivity contribution >= 4 is 22.2 Å². The maximum absolute atomic E-state index is 9.47. The molecule has 1 aromatic carbocycles. The van der Waals surface area contributed by atoms with Crippen molar-refractivity contribution in [2.24, 2.45) is 5.92 Å². The summed E-state index contributed by atoms with van der Waals surface area (Å²) in [6.07, 6.45) is 8.59. The lowest BCUT2D eigenvalue weighted by atomic mass is 9.92. The lowest BCUT2D eigenvalue weighted by molar-refractivity contribution is 0.284. The van der Waals surface area contributed by atoms with Crippen LogP contribution in [0.15, 0.2) is 59.7 Å². The monoisotopic (exact) mass is 412 g/mol. The molecule has 5 rings (SSSR count). The van der Waals surface area contributed by atoms with Crippen LogP contribution in [-0.2, 0) is 0 Å². The molecule has 150 valence electrons. The third-order valence-electron chi connectivity index (χ3n) is 6.32. The van der Waals surface area contributed by atoms with Gasteiger partial charge < -0.3 is 9.88 Å². The summed E-state index contributed by atoms with van der Waals surface area (Å²) in [4.78, 5) is 4.53. The fourth-order valence-electron chi connectivity index (χ4n) is 4.58. The van der Waals surface area contributed by atoms with E-state index in [-0.39, 0.29) is 0 Å². The van der Waals surface area contributed by atoms with Crippen molar-refractivity contribution in [2.45, 2.75) is 25.8 Å². The molecule has 1 aliphatic heterocycles. The molecule has 3 aromatic heterocycles. The van der Waals surface area contributed by atoms with Crippen molar-refractivity contribution in [3.63, 3.8) is 0 Å². The van der Waals surface area contributed by atoms with E-state index in [1.54, 1.807) is 11.3 Å². The Morgan fingerprint density at radius 3 is 2.87 bits per heavy atom. The number of nitriles is 1. The van der Waals surface area contributed by atoms with Crippen molar-refractivity contribution in [3.05, 3.63) is 65.2 Å². The van der Waals surface area contributed by atoms with E-state index in [9.17, 15) is 5.26 Å². The summed E-state index contributed by atoms with van der Waals surface area (Å²) in [6.45, 7) is 4.49. The molecule has 1 saturated heterocycles. The third-order valence-corrected chi connectivity index (χ3v) is 7.01. The summed E-state index contributed by atoms with van der Waals surface area (Å²) in [5.74, 6) is 0.605.